The third-order valence-electron chi connectivity index (χ3n) is 2.46. The molecule has 0 aromatic rings. The summed E-state index contributed by atoms with van der Waals surface area (Å²) in [7, 11) is 2.15. The minimum atomic E-state index is 0.903. The van der Waals surface area contributed by atoms with Crippen molar-refractivity contribution >= 4 is 15.9 Å². The van der Waals surface area contributed by atoms with Crippen molar-refractivity contribution in [1.29, 1.82) is 0 Å². The predicted molar refractivity (Wildman–Crippen MR) is 54.6 cm³/mol. The Morgan fingerprint density at radius 3 is 2.67 bits per heavy atom. The quantitative estimate of drug-likeness (QED) is 0.547. The van der Waals surface area contributed by atoms with Crippen LogP contribution < -0.4 is 0 Å². The van der Waals surface area contributed by atoms with Crippen molar-refractivity contribution in [2.24, 2.45) is 5.92 Å². The van der Waals surface area contributed by atoms with Gasteiger partial charge in [0.25, 0.3) is 0 Å². The van der Waals surface area contributed by atoms with Crippen LogP contribution in [0.25, 0.3) is 0 Å². The number of nitrogens with zero attached hydrogens (tertiary/aromatic N) is 1. The first kappa shape index (κ1) is 10.5. The van der Waals surface area contributed by atoms with Gasteiger partial charge in [-0.15, -0.1) is 0 Å². The molecule has 1 rings (SSSR count). The second-order valence-corrected chi connectivity index (χ2v) is 4.05. The van der Waals surface area contributed by atoms with E-state index in [2.05, 4.69) is 27.9 Å². The Labute approximate surface area is 83.4 Å². The molecule has 1 fully saturated rings. The van der Waals surface area contributed by atoms with Gasteiger partial charge in [-0.2, -0.15) is 0 Å². The Hall–Kier alpha value is 0.400. The van der Waals surface area contributed by atoms with Gasteiger partial charge in [0.15, 0.2) is 0 Å². The van der Waals surface area contributed by atoms with E-state index in [0.29, 0.717) is 0 Å². The monoisotopic (exact) mass is 235 g/mol. The van der Waals surface area contributed by atoms with E-state index in [-0.39, 0.29) is 0 Å². The van der Waals surface area contributed by atoms with E-state index in [4.69, 9.17) is 4.74 Å². The molecule has 0 saturated carbocycles. The van der Waals surface area contributed by atoms with Crippen LogP contribution in [0.15, 0.2) is 0 Å². The maximum absolute atomic E-state index is 5.31. The summed E-state index contributed by atoms with van der Waals surface area (Å²) in [5, 5.41) is 0. The van der Waals surface area contributed by atoms with Crippen LogP contribution >= 0.6 is 15.9 Å². The number of alkyl halides is 1. The van der Waals surface area contributed by atoms with Crippen LogP contribution in [0.5, 0.6) is 0 Å². The summed E-state index contributed by atoms with van der Waals surface area (Å²) in [5.74, 6) is 0.903. The molecule has 1 aliphatic heterocycles. The lowest BCUT2D eigenvalue weighted by Crippen LogP contribution is -2.23. The molecule has 0 bridgehead atoms. The fourth-order valence-electron chi connectivity index (χ4n) is 1.50. The summed E-state index contributed by atoms with van der Waals surface area (Å²) in [4.78, 5) is 2.30. The summed E-state index contributed by atoms with van der Waals surface area (Å²) >= 11 is 3.44. The number of hydrogen-bond acceptors (Lipinski definition) is 2. The second kappa shape index (κ2) is 5.95. The summed E-state index contributed by atoms with van der Waals surface area (Å²) in [5.41, 5.74) is 0.982. The van der Waals surface area contributed by atoms with E-state index in [0.717, 1.165) is 24.6 Å². The molecule has 0 aliphatic carbocycles. The lowest BCUT2D eigenvalue weighted by Gasteiger charge is -2.23. The van der Waals surface area contributed by atoms with E-state index in [1.54, 1.807) is 0 Å². The third-order valence-corrected chi connectivity index (χ3v) is 3.32. The first-order valence-corrected chi connectivity index (χ1v) is 5.77. The number of hydrogen-bond donors (Lipinski definition) is 0. The first-order chi connectivity index (χ1) is 5.83. The Bertz CT molecular complexity index is 115. The lowest BCUT2D eigenvalue weighted by atomic mass is 9.96. The maximum atomic E-state index is 5.31. The Balaban J connectivity index is 2.05. The van der Waals surface area contributed by atoms with Crippen LogP contribution in [0, 0.1) is 5.92 Å². The fourth-order valence-corrected chi connectivity index (χ4v) is 1.75. The molecule has 0 aromatic heterocycles. The molecular formula is C9H18BrNO. The van der Waals surface area contributed by atoms with Gasteiger partial charge in [0.05, 0.1) is 5.45 Å². The topological polar surface area (TPSA) is 12.5 Å². The van der Waals surface area contributed by atoms with Crippen molar-refractivity contribution in [2.75, 3.05) is 32.3 Å². The molecule has 12 heavy (non-hydrogen) atoms. The minimum Gasteiger partial charge on any atom is -0.381 e. The zero-order valence-corrected chi connectivity index (χ0v) is 9.35. The summed E-state index contributed by atoms with van der Waals surface area (Å²) < 4.78 is 5.31. The number of ether oxygens (including phenoxy) is 1. The molecule has 0 aromatic carbocycles. The largest absolute Gasteiger partial charge is 0.381 e. The van der Waals surface area contributed by atoms with Gasteiger partial charge in [-0.25, -0.2) is 0 Å². The number of rotatable bonds is 4. The normalized spacial score (nSPS) is 20.2. The van der Waals surface area contributed by atoms with Crippen molar-refractivity contribution in [1.82, 2.24) is 4.90 Å². The Morgan fingerprint density at radius 1 is 1.42 bits per heavy atom. The van der Waals surface area contributed by atoms with Gasteiger partial charge >= 0.3 is 0 Å². The summed E-state index contributed by atoms with van der Waals surface area (Å²) in [6.45, 7) is 3.15. The average molecular weight is 236 g/mol. The van der Waals surface area contributed by atoms with Crippen LogP contribution in [0.3, 0.4) is 0 Å². The standard InChI is InChI=1S/C9H18BrNO/c1-11(8-10)5-2-9-3-6-12-7-4-9/h9H,2-8H2,1H3. The predicted octanol–water partition coefficient (Wildman–Crippen LogP) is 2.09. The van der Waals surface area contributed by atoms with Crippen LogP contribution in [0.2, 0.25) is 0 Å². The highest BCUT2D eigenvalue weighted by atomic mass is 79.9. The molecule has 0 amide bonds. The summed E-state index contributed by atoms with van der Waals surface area (Å²) in [6.07, 6.45) is 3.84. The van der Waals surface area contributed by atoms with Crippen LogP contribution in [0.1, 0.15) is 19.3 Å². The maximum Gasteiger partial charge on any atom is 0.0539 e. The highest BCUT2D eigenvalue weighted by Crippen LogP contribution is 2.18. The van der Waals surface area contributed by atoms with Crippen molar-refractivity contribution in [3.8, 4) is 0 Å². The molecule has 1 saturated heterocycles. The first-order valence-electron chi connectivity index (χ1n) is 4.65. The van der Waals surface area contributed by atoms with Gasteiger partial charge in [-0.05, 0) is 38.8 Å². The molecule has 0 N–H and O–H groups in total. The van der Waals surface area contributed by atoms with Gasteiger partial charge in [0, 0.05) is 13.2 Å². The van der Waals surface area contributed by atoms with Crippen molar-refractivity contribution in [2.45, 2.75) is 19.3 Å². The Kier molecular flexibility index (Phi) is 5.19. The average Bonchev–Trinajstić information content (AvgIpc) is 2.16. The zero-order valence-electron chi connectivity index (χ0n) is 7.76. The molecular weight excluding hydrogens is 218 g/mol. The molecule has 1 heterocycles. The van der Waals surface area contributed by atoms with Crippen molar-refractivity contribution in [3.05, 3.63) is 0 Å². The van der Waals surface area contributed by atoms with E-state index >= 15 is 0 Å². The van der Waals surface area contributed by atoms with E-state index in [1.165, 1.54) is 25.8 Å². The molecule has 0 unspecified atom stereocenters. The highest BCUT2D eigenvalue weighted by Gasteiger charge is 2.13. The molecule has 0 radical (unpaired) electrons. The molecule has 0 spiro atoms. The summed E-state index contributed by atoms with van der Waals surface area (Å²) in [6, 6.07) is 0. The van der Waals surface area contributed by atoms with Crippen LogP contribution in [0.4, 0.5) is 0 Å². The third kappa shape index (κ3) is 3.87. The molecule has 0 atom stereocenters. The highest BCUT2D eigenvalue weighted by molar-refractivity contribution is 9.09. The van der Waals surface area contributed by atoms with Gasteiger partial charge in [-0.3, -0.25) is 4.90 Å². The van der Waals surface area contributed by atoms with Crippen molar-refractivity contribution in [3.63, 3.8) is 0 Å². The Morgan fingerprint density at radius 2 is 2.08 bits per heavy atom. The molecule has 72 valence electrons. The van der Waals surface area contributed by atoms with Gasteiger partial charge in [0.1, 0.15) is 0 Å². The fraction of sp³-hybridized carbons (Fsp3) is 1.00. The van der Waals surface area contributed by atoms with Crippen LogP contribution in [-0.2, 0) is 4.74 Å². The van der Waals surface area contributed by atoms with Crippen molar-refractivity contribution < 1.29 is 4.74 Å². The van der Waals surface area contributed by atoms with Gasteiger partial charge in [0.2, 0.25) is 0 Å². The smallest absolute Gasteiger partial charge is 0.0539 e. The molecule has 2 nitrogen and oxygen atoms in total. The second-order valence-electron chi connectivity index (χ2n) is 3.54. The van der Waals surface area contributed by atoms with E-state index in [9.17, 15) is 0 Å². The van der Waals surface area contributed by atoms with Gasteiger partial charge < -0.3 is 4.74 Å². The van der Waals surface area contributed by atoms with Gasteiger partial charge in [-0.1, -0.05) is 15.9 Å². The molecule has 1 aliphatic rings. The van der Waals surface area contributed by atoms with E-state index in [1.807, 2.05) is 0 Å². The minimum absolute atomic E-state index is 0.903. The lowest BCUT2D eigenvalue weighted by molar-refractivity contribution is 0.0616. The zero-order chi connectivity index (χ0) is 8.81. The molecule has 3 heteroatoms. The SMILES string of the molecule is CN(CBr)CCC1CCOCC1. The number of halogens is 1. The van der Waals surface area contributed by atoms with E-state index < -0.39 is 0 Å². The van der Waals surface area contributed by atoms with Crippen LogP contribution in [-0.4, -0.2) is 37.2 Å².